The van der Waals surface area contributed by atoms with Crippen LogP contribution in [0.3, 0.4) is 0 Å². The second kappa shape index (κ2) is 6.11. The van der Waals surface area contributed by atoms with Crippen LogP contribution in [0.4, 0.5) is 0 Å². The number of aryl methyl sites for hydroxylation is 2. The molecular weight excluding hydrogens is 326 g/mol. The summed E-state index contributed by atoms with van der Waals surface area (Å²) in [5.74, 6) is 1.67. The van der Waals surface area contributed by atoms with Gasteiger partial charge in [-0.05, 0) is 42.3 Å². The van der Waals surface area contributed by atoms with Crippen LogP contribution in [0.15, 0.2) is 16.5 Å². The fraction of sp³-hybridized carbons (Fsp3) is 0.467. The van der Waals surface area contributed by atoms with Crippen LogP contribution < -0.4 is 0 Å². The van der Waals surface area contributed by atoms with Gasteiger partial charge in [0.15, 0.2) is 11.6 Å². The Hall–Kier alpha value is -3.04. The van der Waals surface area contributed by atoms with Gasteiger partial charge in [0.05, 0.1) is 5.92 Å². The van der Waals surface area contributed by atoms with Crippen molar-refractivity contribution in [1.82, 2.24) is 35.0 Å². The normalized spacial score (nSPS) is 17.2. The van der Waals surface area contributed by atoms with Crippen molar-refractivity contribution in [3.63, 3.8) is 0 Å². The minimum absolute atomic E-state index is 0.200. The molecular formula is C15H17N7O3. The average molecular weight is 343 g/mol. The van der Waals surface area contributed by atoms with Crippen LogP contribution in [0.5, 0.6) is 0 Å². The van der Waals surface area contributed by atoms with Gasteiger partial charge in [0.2, 0.25) is 5.82 Å². The van der Waals surface area contributed by atoms with Gasteiger partial charge in [0.25, 0.3) is 0 Å². The van der Waals surface area contributed by atoms with E-state index in [1.807, 2.05) is 13.0 Å². The maximum absolute atomic E-state index is 11.3. The fourth-order valence-corrected chi connectivity index (χ4v) is 3.12. The third-order valence-corrected chi connectivity index (χ3v) is 4.24. The summed E-state index contributed by atoms with van der Waals surface area (Å²) in [6.07, 6.45) is 2.71. The Morgan fingerprint density at radius 2 is 2.24 bits per heavy atom. The zero-order valence-corrected chi connectivity index (χ0v) is 13.7. The fourth-order valence-electron chi connectivity index (χ4n) is 3.12. The van der Waals surface area contributed by atoms with Crippen molar-refractivity contribution < 1.29 is 14.3 Å². The first kappa shape index (κ1) is 15.5. The summed E-state index contributed by atoms with van der Waals surface area (Å²) in [5, 5.41) is 25.5. The van der Waals surface area contributed by atoms with Crippen molar-refractivity contribution in [1.29, 1.82) is 0 Å². The topological polar surface area (TPSA) is 125 Å². The summed E-state index contributed by atoms with van der Waals surface area (Å²) in [7, 11) is 0. The standard InChI is InChI=1S/C15H17N7O3/c1-9-5-6-11(25-9)13-16-14(22(18-13)8-12(23)24)10-4-2-3-7-21-15(10)17-19-20-21/h5-6,10H,2-4,7-8H2,1H3,(H,23,24). The molecule has 25 heavy (non-hydrogen) atoms. The summed E-state index contributed by atoms with van der Waals surface area (Å²) in [4.78, 5) is 15.8. The van der Waals surface area contributed by atoms with E-state index < -0.39 is 5.97 Å². The number of hydrogen-bond donors (Lipinski definition) is 1. The highest BCUT2D eigenvalue weighted by molar-refractivity contribution is 5.66. The van der Waals surface area contributed by atoms with Crippen LogP contribution in [-0.2, 0) is 17.9 Å². The molecule has 0 aliphatic carbocycles. The number of rotatable bonds is 4. The highest BCUT2D eigenvalue weighted by Gasteiger charge is 2.30. The lowest BCUT2D eigenvalue weighted by molar-refractivity contribution is -0.137. The van der Waals surface area contributed by atoms with E-state index in [9.17, 15) is 9.90 Å². The van der Waals surface area contributed by atoms with E-state index in [1.165, 1.54) is 4.68 Å². The lowest BCUT2D eigenvalue weighted by Gasteiger charge is -2.12. The predicted octanol–water partition coefficient (Wildman–Crippen LogP) is 1.23. The van der Waals surface area contributed by atoms with Crippen molar-refractivity contribution in [2.45, 2.75) is 45.2 Å². The van der Waals surface area contributed by atoms with Crippen molar-refractivity contribution >= 4 is 5.97 Å². The molecule has 0 radical (unpaired) electrons. The molecule has 4 rings (SSSR count). The number of hydrogen-bond acceptors (Lipinski definition) is 7. The largest absolute Gasteiger partial charge is 0.480 e. The Kier molecular flexibility index (Phi) is 3.79. The van der Waals surface area contributed by atoms with E-state index in [0.29, 0.717) is 23.2 Å². The molecule has 1 aliphatic rings. The lowest BCUT2D eigenvalue weighted by Crippen LogP contribution is -2.18. The van der Waals surface area contributed by atoms with Crippen LogP contribution in [0, 0.1) is 6.92 Å². The Morgan fingerprint density at radius 3 is 3.00 bits per heavy atom. The summed E-state index contributed by atoms with van der Waals surface area (Å²) < 4.78 is 8.74. The number of carboxylic acids is 1. The molecule has 1 unspecified atom stereocenters. The van der Waals surface area contributed by atoms with Gasteiger partial charge in [-0.3, -0.25) is 4.79 Å². The lowest BCUT2D eigenvalue weighted by atomic mass is 10.0. The number of tetrazole rings is 1. The Balaban J connectivity index is 1.80. The molecule has 0 aromatic carbocycles. The first-order chi connectivity index (χ1) is 12.1. The second-order valence-electron chi connectivity index (χ2n) is 6.06. The monoisotopic (exact) mass is 343 g/mol. The molecule has 10 nitrogen and oxygen atoms in total. The smallest absolute Gasteiger partial charge is 0.325 e. The Labute approximate surface area is 142 Å². The van der Waals surface area contributed by atoms with Gasteiger partial charge < -0.3 is 9.52 Å². The predicted molar refractivity (Wildman–Crippen MR) is 83.6 cm³/mol. The highest BCUT2D eigenvalue weighted by atomic mass is 16.4. The zero-order chi connectivity index (χ0) is 17.4. The van der Waals surface area contributed by atoms with Crippen molar-refractivity contribution in [3.8, 4) is 11.6 Å². The summed E-state index contributed by atoms with van der Waals surface area (Å²) >= 11 is 0. The number of carbonyl (C=O) groups is 1. The maximum atomic E-state index is 11.3. The second-order valence-corrected chi connectivity index (χ2v) is 6.06. The maximum Gasteiger partial charge on any atom is 0.325 e. The number of nitrogens with zero attached hydrogens (tertiary/aromatic N) is 7. The molecule has 3 aromatic rings. The van der Waals surface area contributed by atoms with Crippen LogP contribution in [0.1, 0.15) is 42.6 Å². The molecule has 4 heterocycles. The van der Waals surface area contributed by atoms with Crippen molar-refractivity contribution in [3.05, 3.63) is 29.5 Å². The third-order valence-electron chi connectivity index (χ3n) is 4.24. The molecule has 0 bridgehead atoms. The molecule has 0 fully saturated rings. The minimum Gasteiger partial charge on any atom is -0.480 e. The van der Waals surface area contributed by atoms with E-state index in [4.69, 9.17) is 4.42 Å². The Morgan fingerprint density at radius 1 is 1.36 bits per heavy atom. The van der Waals surface area contributed by atoms with E-state index in [0.717, 1.165) is 31.6 Å². The van der Waals surface area contributed by atoms with Gasteiger partial charge in [-0.1, -0.05) is 6.42 Å². The van der Waals surface area contributed by atoms with Crippen LogP contribution in [-0.4, -0.2) is 46.0 Å². The minimum atomic E-state index is -0.985. The van der Waals surface area contributed by atoms with Gasteiger partial charge in [-0.15, -0.1) is 10.2 Å². The first-order valence-electron chi connectivity index (χ1n) is 8.11. The SMILES string of the molecule is Cc1ccc(-c2nc(C3CCCCn4nnnc43)n(CC(=O)O)n2)o1. The molecule has 1 aliphatic heterocycles. The van der Waals surface area contributed by atoms with Gasteiger partial charge in [-0.2, -0.15) is 0 Å². The zero-order valence-electron chi connectivity index (χ0n) is 13.7. The summed E-state index contributed by atoms with van der Waals surface area (Å²) in [6, 6.07) is 3.59. The van der Waals surface area contributed by atoms with E-state index >= 15 is 0 Å². The van der Waals surface area contributed by atoms with E-state index in [2.05, 4.69) is 25.6 Å². The molecule has 1 N–H and O–H groups in total. The quantitative estimate of drug-likeness (QED) is 0.750. The van der Waals surface area contributed by atoms with Crippen LogP contribution in [0.25, 0.3) is 11.6 Å². The number of aliphatic carboxylic acids is 1. The van der Waals surface area contributed by atoms with Crippen LogP contribution >= 0.6 is 0 Å². The van der Waals surface area contributed by atoms with Gasteiger partial charge in [0.1, 0.15) is 18.1 Å². The van der Waals surface area contributed by atoms with E-state index in [-0.39, 0.29) is 12.5 Å². The Bertz CT molecular complexity index is 910. The average Bonchev–Trinajstić information content (AvgIpc) is 3.26. The molecule has 10 heteroatoms. The molecule has 0 saturated carbocycles. The number of furan rings is 1. The molecule has 3 aromatic heterocycles. The molecule has 0 spiro atoms. The van der Waals surface area contributed by atoms with Gasteiger partial charge in [-0.25, -0.2) is 14.3 Å². The van der Waals surface area contributed by atoms with E-state index in [1.54, 1.807) is 10.7 Å². The molecule has 130 valence electrons. The number of fused-ring (bicyclic) bond motifs is 1. The summed E-state index contributed by atoms with van der Waals surface area (Å²) in [5.41, 5.74) is 0. The van der Waals surface area contributed by atoms with Gasteiger partial charge >= 0.3 is 5.97 Å². The first-order valence-corrected chi connectivity index (χ1v) is 8.11. The van der Waals surface area contributed by atoms with Crippen molar-refractivity contribution in [2.75, 3.05) is 0 Å². The molecule has 0 amide bonds. The van der Waals surface area contributed by atoms with Crippen molar-refractivity contribution in [2.24, 2.45) is 0 Å². The molecule has 0 saturated heterocycles. The van der Waals surface area contributed by atoms with Gasteiger partial charge in [0, 0.05) is 6.54 Å². The molecule has 1 atom stereocenters. The summed E-state index contributed by atoms with van der Waals surface area (Å²) in [6.45, 7) is 2.30. The third kappa shape index (κ3) is 2.90. The highest BCUT2D eigenvalue weighted by Crippen LogP contribution is 2.31. The number of carboxylic acid groups (broad SMARTS) is 1. The number of aromatic nitrogens is 7. The van der Waals surface area contributed by atoms with Crippen LogP contribution in [0.2, 0.25) is 0 Å².